The van der Waals surface area contributed by atoms with Gasteiger partial charge in [0.1, 0.15) is 0 Å². The molecule has 1 saturated carbocycles. The second-order valence-electron chi connectivity index (χ2n) is 4.52. The molecule has 0 spiro atoms. The molecular weight excluding hydrogens is 172 g/mol. The average molecular weight is 190 g/mol. The number of hydrogen-bond acceptors (Lipinski definition) is 1. The van der Waals surface area contributed by atoms with E-state index in [1.807, 2.05) is 0 Å². The summed E-state index contributed by atoms with van der Waals surface area (Å²) in [6.45, 7) is 4.29. The maximum absolute atomic E-state index is 9.87. The molecular formula is C13H18O. The molecule has 2 rings (SSSR count). The molecule has 1 aromatic rings. The van der Waals surface area contributed by atoms with Gasteiger partial charge in [-0.1, -0.05) is 25.1 Å². The second kappa shape index (κ2) is 3.39. The predicted molar refractivity (Wildman–Crippen MR) is 58.4 cm³/mol. The van der Waals surface area contributed by atoms with Gasteiger partial charge in [-0.25, -0.2) is 0 Å². The Morgan fingerprint density at radius 2 is 2.07 bits per heavy atom. The summed E-state index contributed by atoms with van der Waals surface area (Å²) >= 11 is 0. The first-order valence-electron chi connectivity index (χ1n) is 5.44. The number of benzene rings is 1. The molecule has 1 heteroatoms. The lowest BCUT2D eigenvalue weighted by Crippen LogP contribution is -2.11. The van der Waals surface area contributed by atoms with Gasteiger partial charge in [-0.15, -0.1) is 0 Å². The topological polar surface area (TPSA) is 20.2 Å². The Kier molecular flexibility index (Phi) is 2.36. The molecule has 0 atom stereocenters. The minimum atomic E-state index is -0.364. The van der Waals surface area contributed by atoms with E-state index >= 15 is 0 Å². The lowest BCUT2D eigenvalue weighted by atomic mass is 9.98. The van der Waals surface area contributed by atoms with Crippen molar-refractivity contribution in [2.75, 3.05) is 0 Å². The van der Waals surface area contributed by atoms with Crippen LogP contribution in [0.1, 0.15) is 36.5 Å². The Labute approximate surface area is 85.8 Å². The van der Waals surface area contributed by atoms with Crippen molar-refractivity contribution in [3.8, 4) is 0 Å². The molecule has 0 aromatic heterocycles. The van der Waals surface area contributed by atoms with Crippen molar-refractivity contribution in [1.29, 1.82) is 0 Å². The summed E-state index contributed by atoms with van der Waals surface area (Å²) in [7, 11) is 0. The molecule has 0 unspecified atom stereocenters. The number of hydrogen-bond donors (Lipinski definition) is 1. The molecule has 1 fully saturated rings. The van der Waals surface area contributed by atoms with E-state index in [-0.39, 0.29) is 5.60 Å². The van der Waals surface area contributed by atoms with Crippen molar-refractivity contribution < 1.29 is 5.11 Å². The lowest BCUT2D eigenvalue weighted by molar-refractivity contribution is 0.151. The smallest absolute Gasteiger partial charge is 0.0690 e. The molecule has 0 bridgehead atoms. The summed E-state index contributed by atoms with van der Waals surface area (Å²) in [4.78, 5) is 0. The van der Waals surface area contributed by atoms with E-state index in [0.717, 1.165) is 25.7 Å². The van der Waals surface area contributed by atoms with Gasteiger partial charge in [-0.3, -0.25) is 0 Å². The molecule has 1 nitrogen and oxygen atoms in total. The van der Waals surface area contributed by atoms with Crippen molar-refractivity contribution in [3.05, 3.63) is 34.9 Å². The Morgan fingerprint density at radius 3 is 2.64 bits per heavy atom. The van der Waals surface area contributed by atoms with E-state index < -0.39 is 0 Å². The highest BCUT2D eigenvalue weighted by atomic mass is 16.3. The highest BCUT2D eigenvalue weighted by molar-refractivity contribution is 5.33. The second-order valence-corrected chi connectivity index (χ2v) is 4.52. The maximum Gasteiger partial charge on any atom is 0.0690 e. The van der Waals surface area contributed by atoms with Crippen LogP contribution in [0.2, 0.25) is 0 Å². The monoisotopic (exact) mass is 190 g/mol. The van der Waals surface area contributed by atoms with Crippen molar-refractivity contribution in [2.24, 2.45) is 0 Å². The third-order valence-electron chi connectivity index (χ3n) is 3.17. The number of aryl methyl sites for hydroxylation is 2. The number of rotatable bonds is 3. The quantitative estimate of drug-likeness (QED) is 0.776. The summed E-state index contributed by atoms with van der Waals surface area (Å²) in [5.41, 5.74) is 3.64. The van der Waals surface area contributed by atoms with Crippen LogP contribution in [0.25, 0.3) is 0 Å². The van der Waals surface area contributed by atoms with Crippen LogP contribution in [0.3, 0.4) is 0 Å². The molecule has 0 radical (unpaired) electrons. The Balaban J connectivity index is 2.22. The van der Waals surface area contributed by atoms with Crippen LogP contribution in [-0.2, 0) is 12.8 Å². The van der Waals surface area contributed by atoms with Crippen molar-refractivity contribution in [2.45, 2.75) is 45.1 Å². The summed E-state index contributed by atoms with van der Waals surface area (Å²) in [5.74, 6) is 0. The largest absolute Gasteiger partial charge is 0.390 e. The summed E-state index contributed by atoms with van der Waals surface area (Å²) in [5, 5.41) is 9.87. The van der Waals surface area contributed by atoms with Crippen LogP contribution in [0.5, 0.6) is 0 Å². The molecule has 1 aliphatic rings. The Hall–Kier alpha value is -0.820. The van der Waals surface area contributed by atoms with Gasteiger partial charge in [0, 0.05) is 6.42 Å². The molecule has 0 aliphatic heterocycles. The van der Waals surface area contributed by atoms with Gasteiger partial charge in [-0.2, -0.15) is 0 Å². The fraction of sp³-hybridized carbons (Fsp3) is 0.538. The van der Waals surface area contributed by atoms with Crippen LogP contribution >= 0.6 is 0 Å². The molecule has 1 aromatic carbocycles. The molecule has 1 aliphatic carbocycles. The standard InChI is InChI=1S/C13H18O/c1-3-11-5-4-10(2)12(8-11)9-13(14)6-7-13/h4-5,8,14H,3,6-7,9H2,1-2H3. The summed E-state index contributed by atoms with van der Waals surface area (Å²) in [6, 6.07) is 6.58. The Morgan fingerprint density at radius 1 is 1.36 bits per heavy atom. The average Bonchev–Trinajstić information content (AvgIpc) is 2.88. The predicted octanol–water partition coefficient (Wildman–Crippen LogP) is 2.62. The third kappa shape index (κ3) is 1.98. The first-order valence-corrected chi connectivity index (χ1v) is 5.44. The SMILES string of the molecule is CCc1ccc(C)c(CC2(O)CC2)c1. The van der Waals surface area contributed by atoms with Crippen molar-refractivity contribution in [1.82, 2.24) is 0 Å². The van der Waals surface area contributed by atoms with E-state index in [2.05, 4.69) is 32.0 Å². The van der Waals surface area contributed by atoms with Crippen LogP contribution < -0.4 is 0 Å². The Bertz CT molecular complexity index is 337. The van der Waals surface area contributed by atoms with Crippen LogP contribution in [0.4, 0.5) is 0 Å². The molecule has 0 amide bonds. The van der Waals surface area contributed by atoms with E-state index in [1.54, 1.807) is 0 Å². The van der Waals surface area contributed by atoms with E-state index in [4.69, 9.17) is 0 Å². The van der Waals surface area contributed by atoms with Crippen molar-refractivity contribution in [3.63, 3.8) is 0 Å². The van der Waals surface area contributed by atoms with Gasteiger partial charge in [0.25, 0.3) is 0 Å². The van der Waals surface area contributed by atoms with Crippen LogP contribution in [0, 0.1) is 6.92 Å². The zero-order chi connectivity index (χ0) is 10.2. The highest BCUT2D eigenvalue weighted by Crippen LogP contribution is 2.38. The number of aliphatic hydroxyl groups is 1. The fourth-order valence-corrected chi connectivity index (χ4v) is 1.81. The zero-order valence-electron chi connectivity index (χ0n) is 9.01. The maximum atomic E-state index is 9.87. The van der Waals surface area contributed by atoms with Crippen LogP contribution in [-0.4, -0.2) is 10.7 Å². The van der Waals surface area contributed by atoms with Crippen molar-refractivity contribution >= 4 is 0 Å². The van der Waals surface area contributed by atoms with Gasteiger partial charge >= 0.3 is 0 Å². The molecule has 76 valence electrons. The van der Waals surface area contributed by atoms with Gasteiger partial charge < -0.3 is 5.11 Å². The molecule has 0 saturated heterocycles. The van der Waals surface area contributed by atoms with E-state index in [9.17, 15) is 5.11 Å². The molecule has 0 heterocycles. The minimum absolute atomic E-state index is 0.364. The molecule has 1 N–H and O–H groups in total. The first-order chi connectivity index (χ1) is 6.63. The first kappa shape index (κ1) is 9.72. The van der Waals surface area contributed by atoms with Crippen LogP contribution in [0.15, 0.2) is 18.2 Å². The van der Waals surface area contributed by atoms with Gasteiger partial charge in [0.05, 0.1) is 5.60 Å². The summed E-state index contributed by atoms with van der Waals surface area (Å²) in [6.07, 6.45) is 3.87. The van der Waals surface area contributed by atoms with Gasteiger partial charge in [0.15, 0.2) is 0 Å². The zero-order valence-corrected chi connectivity index (χ0v) is 9.01. The lowest BCUT2D eigenvalue weighted by Gasteiger charge is -2.11. The normalized spacial score (nSPS) is 18.2. The van der Waals surface area contributed by atoms with Gasteiger partial charge in [0.2, 0.25) is 0 Å². The third-order valence-corrected chi connectivity index (χ3v) is 3.17. The van der Waals surface area contributed by atoms with Gasteiger partial charge in [-0.05, 0) is 42.9 Å². The summed E-state index contributed by atoms with van der Waals surface area (Å²) < 4.78 is 0. The highest BCUT2D eigenvalue weighted by Gasteiger charge is 2.40. The molecule has 14 heavy (non-hydrogen) atoms. The minimum Gasteiger partial charge on any atom is -0.390 e. The van der Waals surface area contributed by atoms with E-state index in [1.165, 1.54) is 16.7 Å². The van der Waals surface area contributed by atoms with E-state index in [0.29, 0.717) is 0 Å². The fourth-order valence-electron chi connectivity index (χ4n) is 1.81.